The van der Waals surface area contributed by atoms with E-state index in [0.717, 1.165) is 18.4 Å². The molecule has 0 spiro atoms. The summed E-state index contributed by atoms with van der Waals surface area (Å²) in [5, 5.41) is 4.49. The van der Waals surface area contributed by atoms with Crippen LogP contribution in [0.25, 0.3) is 10.9 Å². The van der Waals surface area contributed by atoms with Gasteiger partial charge in [-0.05, 0) is 55.0 Å². The lowest BCUT2D eigenvalue weighted by Crippen LogP contribution is -2.30. The lowest BCUT2D eigenvalue weighted by molar-refractivity contribution is 0.115. The van der Waals surface area contributed by atoms with Gasteiger partial charge in [-0.15, -0.1) is 4.31 Å². The maximum Gasteiger partial charge on any atom is 0.258 e. The van der Waals surface area contributed by atoms with Gasteiger partial charge in [-0.2, -0.15) is 5.10 Å². The summed E-state index contributed by atoms with van der Waals surface area (Å²) in [7, 11) is 1.67. The number of nitrogens with one attached hydrogen (secondary N) is 1. The largest absolute Gasteiger partial charge is 0.593 e. The number of aromatic nitrogens is 1. The van der Waals surface area contributed by atoms with E-state index in [4.69, 9.17) is 16.3 Å². The van der Waals surface area contributed by atoms with Crippen LogP contribution >= 0.6 is 0 Å². The Morgan fingerprint density at radius 1 is 1.28 bits per heavy atom. The van der Waals surface area contributed by atoms with Crippen LogP contribution in [0.2, 0.25) is 0 Å². The van der Waals surface area contributed by atoms with Gasteiger partial charge in [0, 0.05) is 30.2 Å². The van der Waals surface area contributed by atoms with Gasteiger partial charge >= 0.3 is 0 Å². The van der Waals surface area contributed by atoms with Gasteiger partial charge in [0.15, 0.2) is 4.90 Å². The van der Waals surface area contributed by atoms with Crippen LogP contribution < -0.4 is 17.1 Å². The first kappa shape index (κ1) is 22.0. The fraction of sp³-hybridized carbons (Fsp3) is 0.227. The number of methoxy groups -OCH3 is 1. The number of ether oxygens (including phenoxy) is 1. The number of pyridine rings is 1. The molecule has 1 aliphatic heterocycles. The Bertz CT molecular complexity index is 1220. The van der Waals surface area contributed by atoms with Crippen LogP contribution in [0.4, 0.5) is 11.4 Å². The molecule has 166 valence electrons. The minimum absolute atomic E-state index is 0.117. The zero-order chi connectivity index (χ0) is 22.7. The number of anilines is 1. The Morgan fingerprint density at radius 2 is 2.06 bits per heavy atom. The van der Waals surface area contributed by atoms with E-state index in [9.17, 15) is 9.35 Å². The third-order valence-electron chi connectivity index (χ3n) is 5.33. The van der Waals surface area contributed by atoms with Crippen molar-refractivity contribution in [1.29, 1.82) is 0 Å². The highest BCUT2D eigenvalue weighted by molar-refractivity contribution is 7.89. The molecule has 1 saturated heterocycles. The van der Waals surface area contributed by atoms with Gasteiger partial charge in [0.05, 0.1) is 41.5 Å². The van der Waals surface area contributed by atoms with Crippen molar-refractivity contribution < 1.29 is 9.29 Å². The third-order valence-corrected chi connectivity index (χ3v) is 6.81. The van der Waals surface area contributed by atoms with E-state index in [1.165, 1.54) is 6.21 Å². The van der Waals surface area contributed by atoms with E-state index in [2.05, 4.69) is 15.1 Å². The van der Waals surface area contributed by atoms with E-state index < -0.39 is 11.4 Å². The van der Waals surface area contributed by atoms with Crippen LogP contribution in [0.1, 0.15) is 12.0 Å². The maximum absolute atomic E-state index is 12.7. The first-order valence-electron chi connectivity index (χ1n) is 10.0. The third kappa shape index (κ3) is 4.68. The molecule has 1 fully saturated rings. The molecule has 0 amide bonds. The molecule has 2 heterocycles. The summed E-state index contributed by atoms with van der Waals surface area (Å²) in [6.07, 6.45) is 2.41. The van der Waals surface area contributed by atoms with Crippen molar-refractivity contribution in [3.05, 3.63) is 64.4 Å². The molecule has 4 rings (SSSR count). The van der Waals surface area contributed by atoms with Crippen molar-refractivity contribution in [3.63, 3.8) is 0 Å². The van der Waals surface area contributed by atoms with Gasteiger partial charge in [0.25, 0.3) is 5.56 Å². The topological polar surface area (TPSA) is 145 Å². The second kappa shape index (κ2) is 9.53. The van der Waals surface area contributed by atoms with E-state index in [-0.39, 0.29) is 22.9 Å². The Morgan fingerprint density at radius 3 is 2.75 bits per heavy atom. The molecule has 1 aromatic heterocycles. The standard InChI is InChI=1S/C22H24N6O3S/c1-31-17-8-9-28(13-17)32(30)18-5-3-16(4-6-18)25-12-21(27-24)19-11-14-10-15(23)2-7-20(14)26-22(19)29/h2-7,10-12,17H,8-9,13,23-24H2,1H3,(H,26,29)/t17-,32?/m0/s1. The summed E-state index contributed by atoms with van der Waals surface area (Å²) >= 11 is -1.25. The quantitative estimate of drug-likeness (QED) is 0.171. The lowest BCUT2D eigenvalue weighted by Gasteiger charge is -2.19. The molecule has 1 unspecified atom stereocenters. The van der Waals surface area contributed by atoms with Crippen LogP contribution in [0.3, 0.4) is 0 Å². The molecule has 1 aliphatic rings. The van der Waals surface area contributed by atoms with Crippen molar-refractivity contribution >= 4 is 45.6 Å². The highest BCUT2D eigenvalue weighted by Crippen LogP contribution is 2.24. The molecule has 0 radical (unpaired) electrons. The molecule has 9 nitrogen and oxygen atoms in total. The normalized spacial score (nSPS) is 18.6. The van der Waals surface area contributed by atoms with Gasteiger partial charge in [-0.3, -0.25) is 9.79 Å². The second-order valence-corrected chi connectivity index (χ2v) is 8.89. The van der Waals surface area contributed by atoms with Crippen LogP contribution in [0.5, 0.6) is 0 Å². The maximum atomic E-state index is 12.7. The number of rotatable bonds is 6. The van der Waals surface area contributed by atoms with Crippen molar-refractivity contribution in [3.8, 4) is 0 Å². The fourth-order valence-corrected chi connectivity index (χ4v) is 4.80. The average molecular weight is 453 g/mol. The van der Waals surface area contributed by atoms with Crippen LogP contribution in [0.15, 0.2) is 68.3 Å². The van der Waals surface area contributed by atoms with Gasteiger partial charge in [-0.1, -0.05) is 0 Å². The molecule has 32 heavy (non-hydrogen) atoms. The zero-order valence-electron chi connectivity index (χ0n) is 17.5. The number of hydrogen-bond donors (Lipinski definition) is 3. The molecule has 5 N–H and O–H groups in total. The summed E-state index contributed by atoms with van der Waals surface area (Å²) in [5.41, 5.74) is 7.89. The number of nitrogens with two attached hydrogens (primary N) is 2. The predicted molar refractivity (Wildman–Crippen MR) is 128 cm³/mol. The van der Waals surface area contributed by atoms with Crippen LogP contribution in [0, 0.1) is 0 Å². The Balaban J connectivity index is 1.51. The van der Waals surface area contributed by atoms with E-state index in [1.54, 1.807) is 55.6 Å². The van der Waals surface area contributed by atoms with Crippen LogP contribution in [-0.4, -0.2) is 52.1 Å². The Hall–Kier alpha value is -3.18. The molecule has 2 aromatic carbocycles. The van der Waals surface area contributed by atoms with Crippen molar-refractivity contribution in [2.45, 2.75) is 17.4 Å². The van der Waals surface area contributed by atoms with Gasteiger partial charge < -0.3 is 25.8 Å². The number of fused-ring (bicyclic) bond motifs is 1. The van der Waals surface area contributed by atoms with E-state index in [1.807, 2.05) is 4.31 Å². The SMILES string of the molecule is CO[C@H]1CCN([S+]([O-])c2ccc(N=CC(=NN)c3cc4cc(N)ccc4[nH]c3=O)cc2)C1. The summed E-state index contributed by atoms with van der Waals surface area (Å²) in [4.78, 5) is 20.3. The van der Waals surface area contributed by atoms with Gasteiger partial charge in [0.2, 0.25) is 0 Å². The Kier molecular flexibility index (Phi) is 6.56. The molecule has 0 saturated carbocycles. The smallest absolute Gasteiger partial charge is 0.258 e. The number of H-pyrrole nitrogens is 1. The number of benzene rings is 2. The van der Waals surface area contributed by atoms with E-state index >= 15 is 0 Å². The van der Waals surface area contributed by atoms with Crippen molar-refractivity contribution in [2.75, 3.05) is 25.9 Å². The first-order chi connectivity index (χ1) is 15.5. The fourth-order valence-electron chi connectivity index (χ4n) is 3.56. The number of aromatic amines is 1. The minimum Gasteiger partial charge on any atom is -0.593 e. The monoisotopic (exact) mass is 452 g/mol. The average Bonchev–Trinajstić information content (AvgIpc) is 3.29. The molecule has 3 aromatic rings. The summed E-state index contributed by atoms with van der Waals surface area (Å²) in [6, 6.07) is 14.0. The molecule has 2 atom stereocenters. The number of nitrogen functional groups attached to an aromatic ring is 1. The number of aliphatic imine (C=N–C) groups is 1. The first-order valence-corrected chi connectivity index (χ1v) is 11.1. The number of nitrogens with zero attached hydrogens (tertiary/aromatic N) is 3. The summed E-state index contributed by atoms with van der Waals surface area (Å²) in [5.74, 6) is 5.53. The van der Waals surface area contributed by atoms with Crippen molar-refractivity contribution in [1.82, 2.24) is 9.29 Å². The second-order valence-electron chi connectivity index (χ2n) is 7.41. The number of hydrazone groups is 1. The van der Waals surface area contributed by atoms with Gasteiger partial charge in [-0.25, -0.2) is 0 Å². The van der Waals surface area contributed by atoms with Crippen molar-refractivity contribution in [2.24, 2.45) is 15.9 Å². The van der Waals surface area contributed by atoms with Gasteiger partial charge in [0.1, 0.15) is 5.71 Å². The molecule has 0 bridgehead atoms. The lowest BCUT2D eigenvalue weighted by atomic mass is 10.1. The number of hydrogen-bond acceptors (Lipinski definition) is 8. The molecular weight excluding hydrogens is 428 g/mol. The van der Waals surface area contributed by atoms with E-state index in [0.29, 0.717) is 28.3 Å². The highest BCUT2D eigenvalue weighted by Gasteiger charge is 2.31. The summed E-state index contributed by atoms with van der Waals surface area (Å²) < 4.78 is 20.0. The molecular formula is C22H24N6O3S. The van der Waals surface area contributed by atoms with Crippen LogP contribution in [-0.2, 0) is 16.1 Å². The minimum atomic E-state index is -1.25. The highest BCUT2D eigenvalue weighted by atomic mass is 32.2. The molecule has 0 aliphatic carbocycles. The zero-order valence-corrected chi connectivity index (χ0v) is 18.3. The predicted octanol–water partition coefficient (Wildman–Crippen LogP) is 1.92. The Labute approximate surface area is 188 Å². The summed E-state index contributed by atoms with van der Waals surface area (Å²) in [6.45, 7) is 1.37. The molecule has 10 heteroatoms.